The van der Waals surface area contributed by atoms with E-state index in [9.17, 15) is 0 Å². The number of pyridine rings is 1. The summed E-state index contributed by atoms with van der Waals surface area (Å²) in [5, 5.41) is 5.36. The van der Waals surface area contributed by atoms with Crippen molar-refractivity contribution in [3.8, 4) is 0 Å². The quantitative estimate of drug-likeness (QED) is 0.570. The zero-order chi connectivity index (χ0) is 13.8. The summed E-state index contributed by atoms with van der Waals surface area (Å²) in [5.74, 6) is 0. The third-order valence-corrected chi connectivity index (χ3v) is 3.37. The first-order chi connectivity index (χ1) is 9.83. The maximum atomic E-state index is 4.38. The highest BCUT2D eigenvalue weighted by Gasteiger charge is 1.99. The lowest BCUT2D eigenvalue weighted by atomic mass is 10.2. The Kier molecular flexibility index (Phi) is 3.74. The van der Waals surface area contributed by atoms with Crippen LogP contribution in [0.1, 0.15) is 5.56 Å². The minimum Gasteiger partial charge on any atom is -0.276 e. The number of rotatable bonds is 3. The smallest absolute Gasteiger partial charge is 0.0951 e. The molecule has 0 bridgehead atoms. The largest absolute Gasteiger partial charge is 0.276 e. The van der Waals surface area contributed by atoms with E-state index in [2.05, 4.69) is 31.4 Å². The van der Waals surface area contributed by atoms with Gasteiger partial charge in [0.2, 0.25) is 0 Å². The van der Waals surface area contributed by atoms with Gasteiger partial charge in [0.05, 0.1) is 17.4 Å². The third kappa shape index (κ3) is 2.86. The molecule has 3 nitrogen and oxygen atoms in total. The highest BCUT2D eigenvalue weighted by molar-refractivity contribution is 9.10. The van der Waals surface area contributed by atoms with Gasteiger partial charge in [0, 0.05) is 16.1 Å². The van der Waals surface area contributed by atoms with Crippen molar-refractivity contribution in [2.75, 3.05) is 5.43 Å². The van der Waals surface area contributed by atoms with Crippen LogP contribution in [0.4, 0.5) is 5.69 Å². The highest BCUT2D eigenvalue weighted by Crippen LogP contribution is 2.20. The van der Waals surface area contributed by atoms with Crippen LogP contribution >= 0.6 is 15.9 Å². The molecule has 0 aliphatic rings. The Morgan fingerprint density at radius 3 is 2.80 bits per heavy atom. The number of benzene rings is 2. The van der Waals surface area contributed by atoms with E-state index in [4.69, 9.17) is 0 Å². The summed E-state index contributed by atoms with van der Waals surface area (Å²) >= 11 is 3.44. The summed E-state index contributed by atoms with van der Waals surface area (Å²) < 4.78 is 1.04. The fraction of sp³-hybridized carbons (Fsp3) is 0. The lowest BCUT2D eigenvalue weighted by molar-refractivity contribution is 1.33. The van der Waals surface area contributed by atoms with E-state index in [0.717, 1.165) is 26.6 Å². The Morgan fingerprint density at radius 1 is 1.05 bits per heavy atom. The molecule has 98 valence electrons. The molecule has 3 rings (SSSR count). The van der Waals surface area contributed by atoms with Crippen LogP contribution in [-0.4, -0.2) is 11.2 Å². The number of halogens is 1. The normalized spacial score (nSPS) is 11.1. The van der Waals surface area contributed by atoms with Crippen LogP contribution in [0.15, 0.2) is 70.4 Å². The highest BCUT2D eigenvalue weighted by atomic mass is 79.9. The molecule has 1 aromatic heterocycles. The van der Waals surface area contributed by atoms with Gasteiger partial charge in [-0.25, -0.2) is 0 Å². The minimum absolute atomic E-state index is 0.898. The van der Waals surface area contributed by atoms with E-state index in [1.54, 1.807) is 12.4 Å². The second-order valence-corrected chi connectivity index (χ2v) is 5.22. The van der Waals surface area contributed by atoms with Gasteiger partial charge in [0.25, 0.3) is 0 Å². The van der Waals surface area contributed by atoms with Gasteiger partial charge in [-0.15, -0.1) is 0 Å². The number of hydrogen-bond donors (Lipinski definition) is 1. The number of aromatic nitrogens is 1. The predicted octanol–water partition coefficient (Wildman–Crippen LogP) is 4.44. The van der Waals surface area contributed by atoms with Crippen LogP contribution in [0.5, 0.6) is 0 Å². The fourth-order valence-corrected chi connectivity index (χ4v) is 2.37. The Morgan fingerprint density at radius 2 is 1.90 bits per heavy atom. The molecule has 1 heterocycles. The molecule has 0 atom stereocenters. The molecular weight excluding hydrogens is 314 g/mol. The molecule has 20 heavy (non-hydrogen) atoms. The molecule has 1 N–H and O–H groups in total. The maximum absolute atomic E-state index is 4.38. The first-order valence-corrected chi connectivity index (χ1v) is 7.00. The molecule has 0 amide bonds. The zero-order valence-electron chi connectivity index (χ0n) is 10.6. The number of nitrogens with one attached hydrogen (secondary N) is 1. The summed E-state index contributed by atoms with van der Waals surface area (Å²) in [6.07, 6.45) is 3.57. The van der Waals surface area contributed by atoms with Crippen molar-refractivity contribution < 1.29 is 0 Å². The maximum Gasteiger partial charge on any atom is 0.0951 e. The molecule has 2 aromatic carbocycles. The number of hydrazone groups is 1. The van der Waals surface area contributed by atoms with Crippen LogP contribution < -0.4 is 5.43 Å². The van der Waals surface area contributed by atoms with Crippen molar-refractivity contribution >= 4 is 38.7 Å². The van der Waals surface area contributed by atoms with Crippen molar-refractivity contribution in [2.24, 2.45) is 5.10 Å². The Bertz CT molecular complexity index is 763. The number of fused-ring (bicyclic) bond motifs is 1. The molecule has 3 aromatic rings. The third-order valence-electron chi connectivity index (χ3n) is 2.88. The molecule has 0 unspecified atom stereocenters. The van der Waals surface area contributed by atoms with Crippen LogP contribution in [0.25, 0.3) is 10.9 Å². The second-order valence-electron chi connectivity index (χ2n) is 4.31. The van der Waals surface area contributed by atoms with E-state index in [1.165, 1.54) is 0 Å². The number of hydrogen-bond acceptors (Lipinski definition) is 3. The van der Waals surface area contributed by atoms with Crippen molar-refractivity contribution in [2.45, 2.75) is 0 Å². The molecule has 0 fully saturated rings. The first kappa shape index (κ1) is 12.8. The van der Waals surface area contributed by atoms with E-state index in [-0.39, 0.29) is 0 Å². The summed E-state index contributed by atoms with van der Waals surface area (Å²) in [7, 11) is 0. The van der Waals surface area contributed by atoms with Gasteiger partial charge in [0.15, 0.2) is 0 Å². The van der Waals surface area contributed by atoms with E-state index in [0.29, 0.717) is 0 Å². The monoisotopic (exact) mass is 325 g/mol. The molecule has 0 aliphatic heterocycles. The molecule has 0 aliphatic carbocycles. The van der Waals surface area contributed by atoms with Crippen LogP contribution in [-0.2, 0) is 0 Å². The van der Waals surface area contributed by atoms with Crippen molar-refractivity contribution in [3.63, 3.8) is 0 Å². The topological polar surface area (TPSA) is 37.3 Å². The van der Waals surface area contributed by atoms with E-state index < -0.39 is 0 Å². The van der Waals surface area contributed by atoms with Gasteiger partial charge in [0.1, 0.15) is 0 Å². The summed E-state index contributed by atoms with van der Waals surface area (Å²) in [4.78, 5) is 4.38. The number of para-hydroxylation sites is 1. The average Bonchev–Trinajstić information content (AvgIpc) is 2.48. The molecular formula is C16H12BrN3. The zero-order valence-corrected chi connectivity index (χ0v) is 12.2. The van der Waals surface area contributed by atoms with Gasteiger partial charge in [-0.2, -0.15) is 5.10 Å². The van der Waals surface area contributed by atoms with Gasteiger partial charge >= 0.3 is 0 Å². The lowest BCUT2D eigenvalue weighted by Crippen LogP contribution is -1.92. The van der Waals surface area contributed by atoms with Gasteiger partial charge in [-0.1, -0.05) is 46.3 Å². The predicted molar refractivity (Wildman–Crippen MR) is 87.1 cm³/mol. The molecule has 4 heteroatoms. The second kappa shape index (κ2) is 5.84. The van der Waals surface area contributed by atoms with Crippen molar-refractivity contribution in [3.05, 3.63) is 70.8 Å². The van der Waals surface area contributed by atoms with Crippen molar-refractivity contribution in [1.82, 2.24) is 4.98 Å². The molecule has 0 saturated carbocycles. The Balaban J connectivity index is 1.84. The van der Waals surface area contributed by atoms with Gasteiger partial charge in [-0.3, -0.25) is 10.4 Å². The number of anilines is 1. The van der Waals surface area contributed by atoms with E-state index >= 15 is 0 Å². The molecule has 0 spiro atoms. The minimum atomic E-state index is 0.898. The summed E-state index contributed by atoms with van der Waals surface area (Å²) in [5.41, 5.74) is 5.89. The van der Waals surface area contributed by atoms with Crippen LogP contribution in [0, 0.1) is 0 Å². The van der Waals surface area contributed by atoms with E-state index in [1.807, 2.05) is 54.6 Å². The Hall–Kier alpha value is -2.20. The van der Waals surface area contributed by atoms with Gasteiger partial charge < -0.3 is 0 Å². The fourth-order valence-electron chi connectivity index (χ4n) is 1.96. The molecule has 0 saturated heterocycles. The number of nitrogens with zero attached hydrogens (tertiary/aromatic N) is 2. The summed E-state index contributed by atoms with van der Waals surface area (Å²) in [6, 6.07) is 17.9. The van der Waals surface area contributed by atoms with Crippen LogP contribution in [0.3, 0.4) is 0 Å². The SMILES string of the molecule is Brc1cccc(/C=N\Nc2cccc3cccnc23)c1. The van der Waals surface area contributed by atoms with Crippen LogP contribution in [0.2, 0.25) is 0 Å². The molecule has 0 radical (unpaired) electrons. The summed E-state index contributed by atoms with van der Waals surface area (Å²) in [6.45, 7) is 0. The van der Waals surface area contributed by atoms with Gasteiger partial charge in [-0.05, 0) is 29.8 Å². The first-order valence-electron chi connectivity index (χ1n) is 6.21. The van der Waals surface area contributed by atoms with Crippen molar-refractivity contribution in [1.29, 1.82) is 0 Å². The standard InChI is InChI=1S/C16H12BrN3/c17-14-7-1-4-12(10-14)11-19-20-15-8-2-5-13-6-3-9-18-16(13)15/h1-11,20H/b19-11-. The Labute approximate surface area is 125 Å². The lowest BCUT2D eigenvalue weighted by Gasteiger charge is -2.04. The average molecular weight is 326 g/mol.